The van der Waals surface area contributed by atoms with Crippen LogP contribution in [-0.4, -0.2) is 25.2 Å². The number of ether oxygens (including phenoxy) is 1. The van der Waals surface area contributed by atoms with Gasteiger partial charge < -0.3 is 15.8 Å². The number of anilines is 1. The van der Waals surface area contributed by atoms with Crippen LogP contribution in [0.4, 0.5) is 5.69 Å². The zero-order valence-corrected chi connectivity index (χ0v) is 12.6. The Morgan fingerprint density at radius 1 is 1.47 bits per heavy atom. The molecule has 1 fully saturated rings. The van der Waals surface area contributed by atoms with E-state index in [-0.39, 0.29) is 11.8 Å². The van der Waals surface area contributed by atoms with Crippen LogP contribution < -0.4 is 11.1 Å². The van der Waals surface area contributed by atoms with Crippen molar-refractivity contribution in [1.29, 1.82) is 0 Å². The molecule has 0 spiro atoms. The number of amides is 1. The molecule has 19 heavy (non-hydrogen) atoms. The summed E-state index contributed by atoms with van der Waals surface area (Å²) in [6, 6.07) is 5.29. The van der Waals surface area contributed by atoms with Gasteiger partial charge in [-0.05, 0) is 49.4 Å². The normalized spacial score (nSPS) is 18.1. The first-order valence-corrected chi connectivity index (χ1v) is 7.27. The first-order valence-electron chi connectivity index (χ1n) is 6.48. The minimum Gasteiger partial charge on any atom is -0.381 e. The van der Waals surface area contributed by atoms with Crippen LogP contribution in [0.3, 0.4) is 0 Å². The van der Waals surface area contributed by atoms with E-state index < -0.39 is 6.04 Å². The van der Waals surface area contributed by atoms with Crippen LogP contribution in [-0.2, 0) is 9.53 Å². The van der Waals surface area contributed by atoms with Crippen molar-refractivity contribution in [2.75, 3.05) is 18.5 Å². The second-order valence-electron chi connectivity index (χ2n) is 4.92. The fourth-order valence-corrected chi connectivity index (χ4v) is 2.75. The molecule has 0 bridgehead atoms. The Morgan fingerprint density at radius 3 is 2.79 bits per heavy atom. The molecule has 0 saturated carbocycles. The van der Waals surface area contributed by atoms with Gasteiger partial charge in [0.15, 0.2) is 0 Å². The van der Waals surface area contributed by atoms with E-state index in [2.05, 4.69) is 21.2 Å². The van der Waals surface area contributed by atoms with Gasteiger partial charge in [0.25, 0.3) is 0 Å². The first kappa shape index (κ1) is 14.5. The smallest absolute Gasteiger partial charge is 0.241 e. The lowest BCUT2D eigenvalue weighted by Crippen LogP contribution is -2.44. The first-order chi connectivity index (χ1) is 9.08. The molecule has 1 heterocycles. The molecule has 5 heteroatoms. The summed E-state index contributed by atoms with van der Waals surface area (Å²) in [6.07, 6.45) is 1.71. The monoisotopic (exact) mass is 326 g/mol. The van der Waals surface area contributed by atoms with E-state index in [4.69, 9.17) is 10.5 Å². The molecule has 1 amide bonds. The third-order valence-corrected chi connectivity index (χ3v) is 4.02. The minimum atomic E-state index is -0.466. The highest BCUT2D eigenvalue weighted by molar-refractivity contribution is 9.10. The third-order valence-electron chi connectivity index (χ3n) is 3.52. The summed E-state index contributed by atoms with van der Waals surface area (Å²) in [5, 5.41) is 2.91. The average Bonchev–Trinajstić information content (AvgIpc) is 2.42. The number of hydrogen-bond acceptors (Lipinski definition) is 3. The fourth-order valence-electron chi connectivity index (χ4n) is 2.27. The van der Waals surface area contributed by atoms with Crippen LogP contribution >= 0.6 is 15.9 Å². The van der Waals surface area contributed by atoms with Crippen molar-refractivity contribution in [1.82, 2.24) is 0 Å². The van der Waals surface area contributed by atoms with Crippen molar-refractivity contribution < 1.29 is 9.53 Å². The average molecular weight is 327 g/mol. The number of aryl methyl sites for hydroxylation is 1. The zero-order valence-electron chi connectivity index (χ0n) is 11.0. The molecule has 3 N–H and O–H groups in total. The molecule has 0 aliphatic carbocycles. The van der Waals surface area contributed by atoms with E-state index in [0.717, 1.165) is 28.6 Å². The predicted octanol–water partition coefficient (Wildman–Crippen LogP) is 2.45. The second kappa shape index (κ2) is 6.50. The molecule has 1 unspecified atom stereocenters. The van der Waals surface area contributed by atoms with Crippen LogP contribution in [0.15, 0.2) is 22.7 Å². The quantitative estimate of drug-likeness (QED) is 0.896. The van der Waals surface area contributed by atoms with E-state index in [1.54, 1.807) is 0 Å². The molecule has 1 aliphatic rings. The number of carbonyl (C=O) groups excluding carboxylic acids is 1. The van der Waals surface area contributed by atoms with Crippen molar-refractivity contribution in [2.24, 2.45) is 11.7 Å². The second-order valence-corrected chi connectivity index (χ2v) is 5.84. The van der Waals surface area contributed by atoms with E-state index in [1.807, 2.05) is 25.1 Å². The molecule has 1 aromatic carbocycles. The predicted molar refractivity (Wildman–Crippen MR) is 79.0 cm³/mol. The fraction of sp³-hybridized carbons (Fsp3) is 0.500. The van der Waals surface area contributed by atoms with E-state index in [0.29, 0.717) is 13.2 Å². The molecule has 1 atom stereocenters. The van der Waals surface area contributed by atoms with Crippen molar-refractivity contribution >= 4 is 27.5 Å². The van der Waals surface area contributed by atoms with Gasteiger partial charge in [0.05, 0.1) is 6.04 Å². The molecule has 0 aromatic heterocycles. The molecule has 104 valence electrons. The maximum atomic E-state index is 12.2. The molecule has 0 radical (unpaired) electrons. The summed E-state index contributed by atoms with van der Waals surface area (Å²) >= 11 is 3.40. The lowest BCUT2D eigenvalue weighted by molar-refractivity contribution is -0.119. The van der Waals surface area contributed by atoms with Gasteiger partial charge in [0.1, 0.15) is 0 Å². The highest BCUT2D eigenvalue weighted by Crippen LogP contribution is 2.22. The number of benzene rings is 1. The van der Waals surface area contributed by atoms with Crippen molar-refractivity contribution in [3.8, 4) is 0 Å². The number of hydrogen-bond donors (Lipinski definition) is 2. The topological polar surface area (TPSA) is 64.4 Å². The van der Waals surface area contributed by atoms with Crippen molar-refractivity contribution in [3.63, 3.8) is 0 Å². The van der Waals surface area contributed by atoms with Crippen LogP contribution in [0, 0.1) is 12.8 Å². The number of nitrogens with two attached hydrogens (primary N) is 1. The zero-order chi connectivity index (χ0) is 13.8. The summed E-state index contributed by atoms with van der Waals surface area (Å²) in [7, 11) is 0. The van der Waals surface area contributed by atoms with Gasteiger partial charge >= 0.3 is 0 Å². The summed E-state index contributed by atoms with van der Waals surface area (Å²) in [6.45, 7) is 3.35. The van der Waals surface area contributed by atoms with Gasteiger partial charge in [-0.3, -0.25) is 4.79 Å². The molecule has 1 aromatic rings. The number of rotatable bonds is 3. The summed E-state index contributed by atoms with van der Waals surface area (Å²) in [5.74, 6) is 0.0989. The van der Waals surface area contributed by atoms with Crippen molar-refractivity contribution in [2.45, 2.75) is 25.8 Å². The Labute approximate surface area is 121 Å². The van der Waals surface area contributed by atoms with Crippen LogP contribution in [0.5, 0.6) is 0 Å². The van der Waals surface area contributed by atoms with Gasteiger partial charge in [-0.25, -0.2) is 0 Å². The Bertz CT molecular complexity index is 459. The molecule has 1 saturated heterocycles. The van der Waals surface area contributed by atoms with Crippen molar-refractivity contribution in [3.05, 3.63) is 28.2 Å². The maximum Gasteiger partial charge on any atom is 0.241 e. The van der Waals surface area contributed by atoms with Gasteiger partial charge in [-0.15, -0.1) is 0 Å². The Balaban J connectivity index is 1.99. The highest BCUT2D eigenvalue weighted by Gasteiger charge is 2.26. The standard InChI is InChI=1S/C14H19BrN2O2/c1-9-8-11(15)2-3-12(9)17-14(18)13(16)10-4-6-19-7-5-10/h2-3,8,10,13H,4-7,16H2,1H3,(H,17,18). The number of nitrogens with one attached hydrogen (secondary N) is 1. The molecular weight excluding hydrogens is 308 g/mol. The van der Waals surface area contributed by atoms with E-state index >= 15 is 0 Å². The summed E-state index contributed by atoms with van der Waals surface area (Å²) in [5.41, 5.74) is 7.87. The third kappa shape index (κ3) is 3.78. The molecule has 2 rings (SSSR count). The van der Waals surface area contributed by atoms with Gasteiger partial charge in [0, 0.05) is 23.4 Å². The minimum absolute atomic E-state index is 0.114. The SMILES string of the molecule is Cc1cc(Br)ccc1NC(=O)C(N)C1CCOCC1. The van der Waals surface area contributed by atoms with E-state index in [9.17, 15) is 4.79 Å². The van der Waals surface area contributed by atoms with Gasteiger partial charge in [-0.1, -0.05) is 15.9 Å². The summed E-state index contributed by atoms with van der Waals surface area (Å²) < 4.78 is 6.28. The molecule has 4 nitrogen and oxygen atoms in total. The van der Waals surface area contributed by atoms with Gasteiger partial charge in [0.2, 0.25) is 5.91 Å². The van der Waals surface area contributed by atoms with Gasteiger partial charge in [-0.2, -0.15) is 0 Å². The Kier molecular flexibility index (Phi) is 4.96. The lowest BCUT2D eigenvalue weighted by atomic mass is 9.92. The number of carbonyl (C=O) groups is 1. The van der Waals surface area contributed by atoms with Crippen LogP contribution in [0.1, 0.15) is 18.4 Å². The molecule has 1 aliphatic heterocycles. The Morgan fingerprint density at radius 2 is 2.16 bits per heavy atom. The maximum absolute atomic E-state index is 12.2. The number of halogens is 1. The summed E-state index contributed by atoms with van der Waals surface area (Å²) in [4.78, 5) is 12.2. The molecular formula is C14H19BrN2O2. The lowest BCUT2D eigenvalue weighted by Gasteiger charge is -2.26. The van der Waals surface area contributed by atoms with Crippen LogP contribution in [0.2, 0.25) is 0 Å². The van der Waals surface area contributed by atoms with Crippen LogP contribution in [0.25, 0.3) is 0 Å². The Hall–Kier alpha value is -0.910. The highest BCUT2D eigenvalue weighted by atomic mass is 79.9. The van der Waals surface area contributed by atoms with E-state index in [1.165, 1.54) is 0 Å². The largest absolute Gasteiger partial charge is 0.381 e.